The number of hydrogen-bond donors (Lipinski definition) is 1. The van der Waals surface area contributed by atoms with Crippen LogP contribution in [0.3, 0.4) is 0 Å². The summed E-state index contributed by atoms with van der Waals surface area (Å²) in [6.07, 6.45) is 3.31. The highest BCUT2D eigenvalue weighted by molar-refractivity contribution is 6.00. The summed E-state index contributed by atoms with van der Waals surface area (Å²) in [5.74, 6) is -0.0380. The number of fused-ring (bicyclic) bond motifs is 1. The van der Waals surface area contributed by atoms with E-state index in [-0.39, 0.29) is 29.4 Å². The number of nitro benzene ring substituents is 1. The van der Waals surface area contributed by atoms with Gasteiger partial charge in [-0.05, 0) is 23.8 Å². The Labute approximate surface area is 194 Å². The summed E-state index contributed by atoms with van der Waals surface area (Å²) in [7, 11) is 3.94. The number of nitrogens with zero attached hydrogens (tertiary/aromatic N) is 4. The van der Waals surface area contributed by atoms with E-state index < -0.39 is 16.5 Å². The predicted octanol–water partition coefficient (Wildman–Crippen LogP) is 3.28. The Morgan fingerprint density at radius 1 is 1.06 bits per heavy atom. The summed E-state index contributed by atoms with van der Waals surface area (Å²) in [4.78, 5) is 32.7. The topological polar surface area (TPSA) is 131 Å². The number of aromatic nitrogens is 3. The Bertz CT molecular complexity index is 1370. The third-order valence-electron chi connectivity index (χ3n) is 5.19. The van der Waals surface area contributed by atoms with Crippen LogP contribution in [0.2, 0.25) is 0 Å². The van der Waals surface area contributed by atoms with Crippen LogP contribution in [0.15, 0.2) is 55.0 Å². The molecule has 0 saturated carbocycles. The molecule has 0 unspecified atom stereocenters. The van der Waals surface area contributed by atoms with Gasteiger partial charge in [0.25, 0.3) is 5.91 Å². The van der Waals surface area contributed by atoms with Crippen LogP contribution >= 0.6 is 0 Å². The fraction of sp³-hybridized carbons (Fsp3) is 0.174. The van der Waals surface area contributed by atoms with E-state index in [1.807, 2.05) is 28.8 Å². The molecule has 34 heavy (non-hydrogen) atoms. The van der Waals surface area contributed by atoms with Gasteiger partial charge in [0.15, 0.2) is 5.75 Å². The monoisotopic (exact) mass is 463 g/mol. The van der Waals surface area contributed by atoms with Gasteiger partial charge in [0.05, 0.1) is 37.3 Å². The fourth-order valence-corrected chi connectivity index (χ4v) is 3.58. The van der Waals surface area contributed by atoms with E-state index in [1.165, 1.54) is 27.4 Å². The molecule has 0 saturated heterocycles. The summed E-state index contributed by atoms with van der Waals surface area (Å²) in [5.41, 5.74) is 1.75. The molecule has 0 aliphatic carbocycles. The minimum Gasteiger partial charge on any atom is -0.493 e. The maximum atomic E-state index is 12.9. The number of imidazole rings is 1. The number of hydrogen-bond acceptors (Lipinski definition) is 8. The van der Waals surface area contributed by atoms with Crippen LogP contribution in [0.1, 0.15) is 15.9 Å². The third-order valence-corrected chi connectivity index (χ3v) is 5.19. The number of nitro groups is 1. The van der Waals surface area contributed by atoms with Crippen molar-refractivity contribution in [1.82, 2.24) is 19.9 Å². The highest BCUT2D eigenvalue weighted by Crippen LogP contribution is 2.46. The van der Waals surface area contributed by atoms with Gasteiger partial charge in [-0.2, -0.15) is 0 Å². The molecule has 2 aromatic heterocycles. The van der Waals surface area contributed by atoms with Crippen molar-refractivity contribution in [2.24, 2.45) is 0 Å². The van der Waals surface area contributed by atoms with Gasteiger partial charge in [-0.1, -0.05) is 18.2 Å². The normalized spacial score (nSPS) is 10.7. The largest absolute Gasteiger partial charge is 0.493 e. The van der Waals surface area contributed by atoms with Gasteiger partial charge in [0, 0.05) is 18.8 Å². The van der Waals surface area contributed by atoms with E-state index in [0.717, 1.165) is 11.0 Å². The van der Waals surface area contributed by atoms with Crippen molar-refractivity contribution in [3.05, 3.63) is 76.2 Å². The molecule has 11 heteroatoms. The zero-order valence-electron chi connectivity index (χ0n) is 18.6. The van der Waals surface area contributed by atoms with Gasteiger partial charge in [0.2, 0.25) is 11.5 Å². The summed E-state index contributed by atoms with van der Waals surface area (Å²) in [6.45, 7) is 0.102. The Morgan fingerprint density at radius 2 is 1.82 bits per heavy atom. The second-order valence-corrected chi connectivity index (χ2v) is 7.11. The lowest BCUT2D eigenvalue weighted by atomic mass is 10.1. The lowest BCUT2D eigenvalue weighted by Gasteiger charge is -2.15. The maximum Gasteiger partial charge on any atom is 0.327 e. The molecular weight excluding hydrogens is 442 g/mol. The Balaban J connectivity index is 1.56. The lowest BCUT2D eigenvalue weighted by molar-refractivity contribution is -0.386. The number of benzene rings is 2. The first-order valence-electron chi connectivity index (χ1n) is 10.1. The number of ether oxygens (including phenoxy) is 3. The standard InChI is InChI=1S/C23H21N5O6/c1-32-18-10-15(20(28(30)31)22(34-3)21(18)33-2)23(29)25-12-14-8-9-19(24-11-14)27-13-26-16-6-4-5-7-17(16)27/h4-11,13H,12H2,1-3H3,(H,25,29). The van der Waals surface area contributed by atoms with Gasteiger partial charge in [0.1, 0.15) is 17.7 Å². The van der Waals surface area contributed by atoms with E-state index in [1.54, 1.807) is 24.7 Å². The SMILES string of the molecule is COc1cc(C(=O)NCc2ccc(-n3cnc4ccccc43)nc2)c([N+](=O)[O-])c(OC)c1OC. The smallest absolute Gasteiger partial charge is 0.327 e. The molecule has 4 rings (SSSR count). The first kappa shape index (κ1) is 22.5. The lowest BCUT2D eigenvalue weighted by Crippen LogP contribution is -2.24. The molecule has 0 bridgehead atoms. The van der Waals surface area contributed by atoms with Gasteiger partial charge in [-0.3, -0.25) is 19.5 Å². The Hall–Kier alpha value is -4.67. The number of para-hydroxylation sites is 2. The average Bonchev–Trinajstić information content (AvgIpc) is 3.30. The first-order valence-corrected chi connectivity index (χ1v) is 10.1. The summed E-state index contributed by atoms with van der Waals surface area (Å²) >= 11 is 0. The van der Waals surface area contributed by atoms with Crippen LogP contribution < -0.4 is 19.5 Å². The van der Waals surface area contributed by atoms with E-state index >= 15 is 0 Å². The van der Waals surface area contributed by atoms with Crippen molar-refractivity contribution >= 4 is 22.6 Å². The minimum atomic E-state index is -0.693. The Kier molecular flexibility index (Phi) is 6.26. The van der Waals surface area contributed by atoms with Crippen molar-refractivity contribution in [2.75, 3.05) is 21.3 Å². The molecule has 0 radical (unpaired) electrons. The summed E-state index contributed by atoms with van der Waals surface area (Å²) in [6, 6.07) is 12.6. The number of rotatable bonds is 8. The van der Waals surface area contributed by atoms with E-state index in [9.17, 15) is 14.9 Å². The van der Waals surface area contributed by atoms with E-state index in [2.05, 4.69) is 15.3 Å². The van der Waals surface area contributed by atoms with Crippen LogP contribution in [0.4, 0.5) is 5.69 Å². The predicted molar refractivity (Wildman–Crippen MR) is 123 cm³/mol. The zero-order valence-corrected chi connectivity index (χ0v) is 18.6. The molecule has 0 atom stereocenters. The van der Waals surface area contributed by atoms with Crippen molar-refractivity contribution in [3.8, 4) is 23.1 Å². The van der Waals surface area contributed by atoms with Crippen molar-refractivity contribution in [2.45, 2.75) is 6.54 Å². The molecule has 11 nitrogen and oxygen atoms in total. The van der Waals surface area contributed by atoms with Crippen LogP contribution in [0.25, 0.3) is 16.9 Å². The average molecular weight is 463 g/mol. The zero-order chi connectivity index (χ0) is 24.2. The summed E-state index contributed by atoms with van der Waals surface area (Å²) in [5, 5.41) is 14.4. The molecular formula is C23H21N5O6. The Morgan fingerprint density at radius 3 is 2.47 bits per heavy atom. The number of amides is 1. The highest BCUT2D eigenvalue weighted by atomic mass is 16.6. The maximum absolute atomic E-state index is 12.9. The molecule has 0 fully saturated rings. The molecule has 0 aliphatic rings. The van der Waals surface area contributed by atoms with Crippen molar-refractivity contribution < 1.29 is 23.9 Å². The minimum absolute atomic E-state index is 0.0278. The molecule has 1 amide bonds. The second kappa shape index (κ2) is 9.45. The highest BCUT2D eigenvalue weighted by Gasteiger charge is 2.32. The number of methoxy groups -OCH3 is 3. The number of nitrogens with one attached hydrogen (secondary N) is 1. The van der Waals surface area contributed by atoms with Gasteiger partial charge in [-0.15, -0.1) is 0 Å². The second-order valence-electron chi connectivity index (χ2n) is 7.11. The van der Waals surface area contributed by atoms with Crippen molar-refractivity contribution in [1.29, 1.82) is 0 Å². The van der Waals surface area contributed by atoms with Crippen LogP contribution in [-0.4, -0.2) is 46.7 Å². The van der Waals surface area contributed by atoms with Gasteiger partial charge in [-0.25, -0.2) is 9.97 Å². The molecule has 174 valence electrons. The molecule has 0 aliphatic heterocycles. The van der Waals surface area contributed by atoms with E-state index in [4.69, 9.17) is 14.2 Å². The third kappa shape index (κ3) is 4.06. The summed E-state index contributed by atoms with van der Waals surface area (Å²) < 4.78 is 17.4. The number of pyridine rings is 1. The number of carbonyl (C=O) groups is 1. The fourth-order valence-electron chi connectivity index (χ4n) is 3.58. The number of carbonyl (C=O) groups excluding carboxylic acids is 1. The first-order chi connectivity index (χ1) is 16.5. The van der Waals surface area contributed by atoms with Gasteiger partial charge < -0.3 is 19.5 Å². The van der Waals surface area contributed by atoms with Crippen LogP contribution in [-0.2, 0) is 6.54 Å². The molecule has 4 aromatic rings. The van der Waals surface area contributed by atoms with Crippen LogP contribution in [0.5, 0.6) is 17.2 Å². The van der Waals surface area contributed by atoms with Gasteiger partial charge >= 0.3 is 5.69 Å². The quantitative estimate of drug-likeness (QED) is 0.311. The van der Waals surface area contributed by atoms with Crippen LogP contribution in [0, 0.1) is 10.1 Å². The van der Waals surface area contributed by atoms with E-state index in [0.29, 0.717) is 11.4 Å². The van der Waals surface area contributed by atoms with Crippen molar-refractivity contribution in [3.63, 3.8) is 0 Å². The molecule has 2 aromatic carbocycles. The molecule has 2 heterocycles. The molecule has 0 spiro atoms. The molecule has 1 N–H and O–H groups in total.